The Balaban J connectivity index is 2.15. The summed E-state index contributed by atoms with van der Waals surface area (Å²) in [5.41, 5.74) is -0.0804. The van der Waals surface area contributed by atoms with E-state index in [2.05, 4.69) is 15.5 Å². The summed E-state index contributed by atoms with van der Waals surface area (Å²) in [5.74, 6) is -2.27. The maximum atomic E-state index is 13.0. The molecule has 1 aromatic heterocycles. The van der Waals surface area contributed by atoms with Gasteiger partial charge < -0.3 is 5.32 Å². The molecule has 0 aliphatic heterocycles. The zero-order chi connectivity index (χ0) is 15.6. The van der Waals surface area contributed by atoms with Crippen LogP contribution in [0.1, 0.15) is 36.0 Å². The standard InChI is InChI=1S/C12H12Cl2F3N3O/c13-9-5-6(10(14)20-19-9)11(21)18-8-4-2-1-3-7(8)12(15,16)17/h5,7-8H,1-4H2,(H,18,21). The number of carbonyl (C=O) groups is 1. The molecule has 1 fully saturated rings. The fourth-order valence-corrected chi connectivity index (χ4v) is 2.78. The van der Waals surface area contributed by atoms with Crippen molar-refractivity contribution in [2.45, 2.75) is 37.9 Å². The molecule has 1 aliphatic carbocycles. The highest BCUT2D eigenvalue weighted by Gasteiger charge is 2.46. The van der Waals surface area contributed by atoms with E-state index in [4.69, 9.17) is 23.2 Å². The van der Waals surface area contributed by atoms with Crippen LogP contribution in [0.3, 0.4) is 0 Å². The van der Waals surface area contributed by atoms with Gasteiger partial charge in [0.05, 0.1) is 11.5 Å². The highest BCUT2D eigenvalue weighted by Crippen LogP contribution is 2.37. The minimum Gasteiger partial charge on any atom is -0.349 e. The Morgan fingerprint density at radius 3 is 2.57 bits per heavy atom. The Bertz CT molecular complexity index is 539. The SMILES string of the molecule is O=C(NC1CCCCC1C(F)(F)F)c1cc(Cl)nnc1Cl. The van der Waals surface area contributed by atoms with Crippen molar-refractivity contribution in [1.82, 2.24) is 15.5 Å². The van der Waals surface area contributed by atoms with E-state index in [0.29, 0.717) is 12.8 Å². The topological polar surface area (TPSA) is 54.9 Å². The molecule has 0 bridgehead atoms. The van der Waals surface area contributed by atoms with Crippen LogP contribution in [0.25, 0.3) is 0 Å². The van der Waals surface area contributed by atoms with Gasteiger partial charge in [0.15, 0.2) is 10.3 Å². The molecule has 2 atom stereocenters. The van der Waals surface area contributed by atoms with Crippen LogP contribution in [0, 0.1) is 5.92 Å². The van der Waals surface area contributed by atoms with Crippen molar-refractivity contribution in [3.05, 3.63) is 21.9 Å². The largest absolute Gasteiger partial charge is 0.393 e. The van der Waals surface area contributed by atoms with Crippen LogP contribution in [0.2, 0.25) is 10.3 Å². The fourth-order valence-electron chi connectivity index (χ4n) is 2.45. The molecule has 0 saturated heterocycles. The average Bonchev–Trinajstić information content (AvgIpc) is 2.41. The molecule has 9 heteroatoms. The summed E-state index contributed by atoms with van der Waals surface area (Å²) in [5, 5.41) is 9.04. The number of alkyl halides is 3. The lowest BCUT2D eigenvalue weighted by Crippen LogP contribution is -2.47. The molecule has 21 heavy (non-hydrogen) atoms. The number of hydrogen-bond donors (Lipinski definition) is 1. The van der Waals surface area contributed by atoms with E-state index in [1.165, 1.54) is 6.07 Å². The van der Waals surface area contributed by atoms with Gasteiger partial charge in [-0.2, -0.15) is 13.2 Å². The highest BCUT2D eigenvalue weighted by atomic mass is 35.5. The highest BCUT2D eigenvalue weighted by molar-refractivity contribution is 6.34. The van der Waals surface area contributed by atoms with E-state index >= 15 is 0 Å². The lowest BCUT2D eigenvalue weighted by Gasteiger charge is -2.33. The number of rotatable bonds is 2. The number of aromatic nitrogens is 2. The van der Waals surface area contributed by atoms with E-state index in [1.54, 1.807) is 0 Å². The van der Waals surface area contributed by atoms with Crippen LogP contribution in [0.5, 0.6) is 0 Å². The van der Waals surface area contributed by atoms with Crippen LogP contribution in [0.4, 0.5) is 13.2 Å². The molecule has 1 heterocycles. The van der Waals surface area contributed by atoms with Gasteiger partial charge in [0, 0.05) is 6.04 Å². The summed E-state index contributed by atoms with van der Waals surface area (Å²) in [6.07, 6.45) is -2.91. The van der Waals surface area contributed by atoms with E-state index in [-0.39, 0.29) is 28.7 Å². The number of amides is 1. The van der Waals surface area contributed by atoms with Gasteiger partial charge in [-0.05, 0) is 18.9 Å². The van der Waals surface area contributed by atoms with Gasteiger partial charge >= 0.3 is 6.18 Å². The van der Waals surface area contributed by atoms with Gasteiger partial charge in [-0.25, -0.2) is 0 Å². The molecule has 0 radical (unpaired) electrons. The van der Waals surface area contributed by atoms with Gasteiger partial charge in [-0.3, -0.25) is 4.79 Å². The third kappa shape index (κ3) is 3.97. The first-order valence-corrected chi connectivity index (χ1v) is 7.11. The lowest BCUT2D eigenvalue weighted by molar-refractivity contribution is -0.187. The molecule has 116 valence electrons. The molecule has 0 spiro atoms. The van der Waals surface area contributed by atoms with Crippen molar-refractivity contribution in [3.8, 4) is 0 Å². The summed E-state index contributed by atoms with van der Waals surface area (Å²) >= 11 is 11.3. The van der Waals surface area contributed by atoms with E-state index < -0.39 is 24.0 Å². The van der Waals surface area contributed by atoms with Crippen LogP contribution in [-0.2, 0) is 0 Å². The smallest absolute Gasteiger partial charge is 0.349 e. The molecule has 1 aliphatic rings. The van der Waals surface area contributed by atoms with E-state index in [1.807, 2.05) is 0 Å². The number of carbonyl (C=O) groups excluding carboxylic acids is 1. The van der Waals surface area contributed by atoms with Crippen LogP contribution in [0.15, 0.2) is 6.07 Å². The lowest BCUT2D eigenvalue weighted by atomic mass is 9.84. The second kappa shape index (κ2) is 6.36. The first-order valence-electron chi connectivity index (χ1n) is 6.35. The van der Waals surface area contributed by atoms with Crippen molar-refractivity contribution in [3.63, 3.8) is 0 Å². The minimum absolute atomic E-state index is 0.0114. The molecular formula is C12H12Cl2F3N3O. The number of nitrogens with one attached hydrogen (secondary N) is 1. The predicted octanol–water partition coefficient (Wildman–Crippen LogP) is 3.63. The van der Waals surface area contributed by atoms with E-state index in [0.717, 1.165) is 0 Å². The Kier molecular flexibility index (Phi) is 4.93. The zero-order valence-corrected chi connectivity index (χ0v) is 12.3. The third-order valence-electron chi connectivity index (χ3n) is 3.47. The monoisotopic (exact) mass is 341 g/mol. The van der Waals surface area contributed by atoms with Crippen molar-refractivity contribution in [1.29, 1.82) is 0 Å². The molecule has 2 unspecified atom stereocenters. The number of nitrogens with zero attached hydrogens (tertiary/aromatic N) is 2. The van der Waals surface area contributed by atoms with Gasteiger partial charge in [-0.15, -0.1) is 10.2 Å². The molecule has 1 N–H and O–H groups in total. The Labute approximate surface area is 129 Å². The van der Waals surface area contributed by atoms with Crippen molar-refractivity contribution >= 4 is 29.1 Å². The van der Waals surface area contributed by atoms with E-state index in [9.17, 15) is 18.0 Å². The van der Waals surface area contributed by atoms with Gasteiger partial charge in [0.1, 0.15) is 0 Å². The Morgan fingerprint density at radius 2 is 1.90 bits per heavy atom. The maximum Gasteiger partial charge on any atom is 0.393 e. The number of halogens is 5. The summed E-state index contributed by atoms with van der Waals surface area (Å²) < 4.78 is 38.9. The second-order valence-corrected chi connectivity index (χ2v) is 5.63. The van der Waals surface area contributed by atoms with Gasteiger partial charge in [-0.1, -0.05) is 36.0 Å². The Morgan fingerprint density at radius 1 is 1.24 bits per heavy atom. The quantitative estimate of drug-likeness (QED) is 0.893. The maximum absolute atomic E-state index is 13.0. The summed E-state index contributed by atoms with van der Waals surface area (Å²) in [6.45, 7) is 0. The molecule has 1 amide bonds. The van der Waals surface area contributed by atoms with Gasteiger partial charge in [0.25, 0.3) is 5.91 Å². The van der Waals surface area contributed by atoms with Crippen LogP contribution < -0.4 is 5.32 Å². The normalized spacial score (nSPS) is 22.9. The predicted molar refractivity (Wildman–Crippen MR) is 71.3 cm³/mol. The zero-order valence-electron chi connectivity index (χ0n) is 10.8. The Hall–Kier alpha value is -1.08. The molecule has 1 saturated carbocycles. The van der Waals surface area contributed by atoms with Crippen LogP contribution >= 0.6 is 23.2 Å². The fraction of sp³-hybridized carbons (Fsp3) is 0.583. The minimum atomic E-state index is -4.34. The number of hydrogen-bond acceptors (Lipinski definition) is 3. The molecule has 2 rings (SSSR count). The average molecular weight is 342 g/mol. The molecule has 4 nitrogen and oxygen atoms in total. The first-order chi connectivity index (χ1) is 9.79. The van der Waals surface area contributed by atoms with Crippen molar-refractivity contribution < 1.29 is 18.0 Å². The first kappa shape index (κ1) is 16.3. The van der Waals surface area contributed by atoms with Crippen molar-refractivity contribution in [2.24, 2.45) is 5.92 Å². The van der Waals surface area contributed by atoms with Crippen LogP contribution in [-0.4, -0.2) is 28.3 Å². The summed E-state index contributed by atoms with van der Waals surface area (Å²) in [6, 6.07) is 0.215. The van der Waals surface area contributed by atoms with Crippen molar-refractivity contribution in [2.75, 3.05) is 0 Å². The summed E-state index contributed by atoms with van der Waals surface area (Å²) in [7, 11) is 0. The second-order valence-electron chi connectivity index (χ2n) is 4.88. The molecular weight excluding hydrogens is 330 g/mol. The summed E-state index contributed by atoms with van der Waals surface area (Å²) in [4.78, 5) is 12.1. The van der Waals surface area contributed by atoms with Gasteiger partial charge in [0.2, 0.25) is 0 Å². The molecule has 0 aromatic carbocycles. The third-order valence-corrected chi connectivity index (χ3v) is 3.93. The molecule has 1 aromatic rings.